The second kappa shape index (κ2) is 11.5. The molecule has 0 aromatic heterocycles. The van der Waals surface area contributed by atoms with Crippen molar-refractivity contribution in [1.82, 2.24) is 10.7 Å². The van der Waals surface area contributed by atoms with Crippen molar-refractivity contribution in [1.29, 1.82) is 0 Å². The first-order chi connectivity index (χ1) is 15.5. The summed E-state index contributed by atoms with van der Waals surface area (Å²) in [5, 5.41) is 8.78. The molecule has 3 aromatic carbocycles. The van der Waals surface area contributed by atoms with Crippen molar-refractivity contribution in [3.63, 3.8) is 0 Å². The molecule has 1 unspecified atom stereocenters. The average Bonchev–Trinajstić information content (AvgIpc) is 2.81. The van der Waals surface area contributed by atoms with Crippen molar-refractivity contribution in [2.45, 2.75) is 19.9 Å². The van der Waals surface area contributed by atoms with Gasteiger partial charge in [0, 0.05) is 6.21 Å². The molecule has 6 heteroatoms. The van der Waals surface area contributed by atoms with Crippen LogP contribution in [0.2, 0.25) is 0 Å². The zero-order valence-electron chi connectivity index (χ0n) is 18.2. The van der Waals surface area contributed by atoms with Crippen LogP contribution in [0.15, 0.2) is 84.0 Å². The minimum atomic E-state index is -0.724. The monoisotopic (exact) mass is 429 g/mol. The van der Waals surface area contributed by atoms with E-state index in [4.69, 9.17) is 4.74 Å². The molecule has 0 spiro atoms. The van der Waals surface area contributed by atoms with Crippen molar-refractivity contribution in [2.75, 3.05) is 6.61 Å². The molecule has 0 bridgehead atoms. The van der Waals surface area contributed by atoms with Crippen molar-refractivity contribution >= 4 is 34.9 Å². The van der Waals surface area contributed by atoms with E-state index in [0.717, 1.165) is 16.3 Å². The van der Waals surface area contributed by atoms with E-state index in [1.165, 1.54) is 6.21 Å². The molecular formula is C26H27N3O3. The van der Waals surface area contributed by atoms with Gasteiger partial charge in [-0.3, -0.25) is 9.59 Å². The second-order valence-corrected chi connectivity index (χ2v) is 7.61. The van der Waals surface area contributed by atoms with Crippen molar-refractivity contribution in [3.05, 3.63) is 84.4 Å². The van der Waals surface area contributed by atoms with Crippen LogP contribution in [0, 0.1) is 5.92 Å². The summed E-state index contributed by atoms with van der Waals surface area (Å²) in [7, 11) is 0. The average molecular weight is 430 g/mol. The molecule has 0 heterocycles. The van der Waals surface area contributed by atoms with Crippen LogP contribution < -0.4 is 15.5 Å². The number of fused-ring (bicyclic) bond motifs is 1. The van der Waals surface area contributed by atoms with E-state index in [1.54, 1.807) is 6.08 Å². The fourth-order valence-electron chi connectivity index (χ4n) is 3.09. The zero-order valence-corrected chi connectivity index (χ0v) is 18.2. The molecule has 0 saturated heterocycles. The lowest BCUT2D eigenvalue weighted by molar-refractivity contribution is -0.131. The molecule has 0 aliphatic rings. The van der Waals surface area contributed by atoms with E-state index >= 15 is 0 Å². The summed E-state index contributed by atoms with van der Waals surface area (Å²) in [6.45, 7) is 3.53. The van der Waals surface area contributed by atoms with Crippen LogP contribution in [0.5, 0.6) is 5.75 Å². The van der Waals surface area contributed by atoms with E-state index in [0.29, 0.717) is 5.75 Å². The van der Waals surface area contributed by atoms with Gasteiger partial charge >= 0.3 is 0 Å². The van der Waals surface area contributed by atoms with Crippen LogP contribution in [-0.2, 0) is 9.59 Å². The number of rotatable bonds is 9. The summed E-state index contributed by atoms with van der Waals surface area (Å²) in [4.78, 5) is 24.8. The van der Waals surface area contributed by atoms with Gasteiger partial charge in [0.2, 0.25) is 0 Å². The number of carbonyl (C=O) groups is 2. The lowest BCUT2D eigenvalue weighted by atomic mass is 10.0. The first-order valence-electron chi connectivity index (χ1n) is 10.5. The number of nitrogens with zero attached hydrogens (tertiary/aromatic N) is 1. The molecular weight excluding hydrogens is 402 g/mol. The fourth-order valence-corrected chi connectivity index (χ4v) is 3.09. The maximum Gasteiger partial charge on any atom is 0.262 e. The van der Waals surface area contributed by atoms with Crippen LogP contribution in [0.1, 0.15) is 19.4 Å². The van der Waals surface area contributed by atoms with E-state index in [9.17, 15) is 9.59 Å². The summed E-state index contributed by atoms with van der Waals surface area (Å²) in [6.07, 6.45) is 5.10. The molecule has 2 N–H and O–H groups in total. The standard InChI is InChI=1S/C26H27N3O3/c1-19(2)25(26(31)29-27-16-8-11-20-9-4-3-5-10-20)28-24(30)18-32-23-15-14-21-12-6-7-13-22(21)17-23/h3-17,19,25H,18H2,1-2H3,(H,28,30)(H,29,31)/b11-8+,27-16+. The van der Waals surface area contributed by atoms with Gasteiger partial charge in [0.15, 0.2) is 6.61 Å². The minimum Gasteiger partial charge on any atom is -0.484 e. The normalized spacial score (nSPS) is 12.3. The molecule has 32 heavy (non-hydrogen) atoms. The number of hydrazone groups is 1. The highest BCUT2D eigenvalue weighted by Crippen LogP contribution is 2.20. The Morgan fingerprint density at radius 2 is 1.69 bits per heavy atom. The van der Waals surface area contributed by atoms with Gasteiger partial charge in [-0.25, -0.2) is 5.43 Å². The molecule has 6 nitrogen and oxygen atoms in total. The highest BCUT2D eigenvalue weighted by Gasteiger charge is 2.24. The van der Waals surface area contributed by atoms with Gasteiger partial charge in [-0.2, -0.15) is 5.10 Å². The number of nitrogens with one attached hydrogen (secondary N) is 2. The quantitative estimate of drug-likeness (QED) is 0.396. The number of hydrogen-bond acceptors (Lipinski definition) is 4. The summed E-state index contributed by atoms with van der Waals surface area (Å²) in [6, 6.07) is 22.6. The third-order valence-corrected chi connectivity index (χ3v) is 4.78. The Kier molecular flexibility index (Phi) is 8.15. The molecule has 3 rings (SSSR count). The summed E-state index contributed by atoms with van der Waals surface area (Å²) in [5.74, 6) is -0.280. The van der Waals surface area contributed by atoms with Gasteiger partial charge in [0.25, 0.3) is 11.8 Å². The number of ether oxygens (including phenoxy) is 1. The smallest absolute Gasteiger partial charge is 0.262 e. The van der Waals surface area contributed by atoms with Crippen molar-refractivity contribution < 1.29 is 14.3 Å². The maximum atomic E-state index is 12.5. The lowest BCUT2D eigenvalue weighted by Crippen LogP contribution is -2.49. The van der Waals surface area contributed by atoms with Crippen LogP contribution >= 0.6 is 0 Å². The molecule has 1 atom stereocenters. The number of hydrogen-bond donors (Lipinski definition) is 2. The third-order valence-electron chi connectivity index (χ3n) is 4.78. The molecule has 0 radical (unpaired) electrons. The second-order valence-electron chi connectivity index (χ2n) is 7.61. The van der Waals surface area contributed by atoms with Gasteiger partial charge in [-0.15, -0.1) is 0 Å². The third kappa shape index (κ3) is 6.80. The van der Waals surface area contributed by atoms with Crippen molar-refractivity contribution in [2.24, 2.45) is 11.0 Å². The number of benzene rings is 3. The molecule has 0 saturated carbocycles. The van der Waals surface area contributed by atoms with Gasteiger partial charge in [0.05, 0.1) is 0 Å². The van der Waals surface area contributed by atoms with Crippen LogP contribution in [0.4, 0.5) is 0 Å². The molecule has 3 aromatic rings. The summed E-state index contributed by atoms with van der Waals surface area (Å²) < 4.78 is 5.61. The van der Waals surface area contributed by atoms with E-state index in [-0.39, 0.29) is 24.3 Å². The summed E-state index contributed by atoms with van der Waals surface area (Å²) >= 11 is 0. The first kappa shape index (κ1) is 22.7. The van der Waals surface area contributed by atoms with Gasteiger partial charge in [-0.05, 0) is 40.5 Å². The first-order valence-corrected chi connectivity index (χ1v) is 10.5. The van der Waals surface area contributed by atoms with Crippen LogP contribution in [-0.4, -0.2) is 30.7 Å². The Hall–Kier alpha value is -3.93. The van der Waals surface area contributed by atoms with E-state index in [2.05, 4.69) is 15.8 Å². The van der Waals surface area contributed by atoms with Gasteiger partial charge in [0.1, 0.15) is 11.8 Å². The Bertz CT molecular complexity index is 1110. The van der Waals surface area contributed by atoms with Crippen LogP contribution in [0.25, 0.3) is 16.8 Å². The highest BCUT2D eigenvalue weighted by atomic mass is 16.5. The number of carbonyl (C=O) groups excluding carboxylic acids is 2. The largest absolute Gasteiger partial charge is 0.484 e. The van der Waals surface area contributed by atoms with E-state index < -0.39 is 6.04 Å². The Balaban J connectivity index is 1.49. The molecule has 2 amide bonds. The maximum absolute atomic E-state index is 12.5. The molecule has 164 valence electrons. The van der Waals surface area contributed by atoms with E-state index in [1.807, 2.05) is 92.7 Å². The fraction of sp³-hybridized carbons (Fsp3) is 0.192. The van der Waals surface area contributed by atoms with Gasteiger partial charge < -0.3 is 10.1 Å². The minimum absolute atomic E-state index is 0.116. The highest BCUT2D eigenvalue weighted by molar-refractivity contribution is 5.89. The number of amides is 2. The Labute approximate surface area is 188 Å². The Morgan fingerprint density at radius 3 is 2.44 bits per heavy atom. The molecule has 0 aliphatic carbocycles. The lowest BCUT2D eigenvalue weighted by Gasteiger charge is -2.20. The van der Waals surface area contributed by atoms with Crippen LogP contribution in [0.3, 0.4) is 0 Å². The SMILES string of the molecule is CC(C)C(NC(=O)COc1ccc2ccccc2c1)C(=O)N/N=C/C=C/c1ccccc1. The predicted octanol–water partition coefficient (Wildman–Crippen LogP) is 4.17. The number of allylic oxidation sites excluding steroid dienone is 1. The Morgan fingerprint density at radius 1 is 0.969 bits per heavy atom. The molecule has 0 fully saturated rings. The predicted molar refractivity (Wildman–Crippen MR) is 128 cm³/mol. The zero-order chi connectivity index (χ0) is 22.8. The van der Waals surface area contributed by atoms with Crippen molar-refractivity contribution in [3.8, 4) is 5.75 Å². The topological polar surface area (TPSA) is 79.8 Å². The summed E-state index contributed by atoms with van der Waals surface area (Å²) in [5.41, 5.74) is 3.50. The molecule has 0 aliphatic heterocycles. The van der Waals surface area contributed by atoms with Gasteiger partial charge in [-0.1, -0.05) is 80.6 Å².